The van der Waals surface area contributed by atoms with Gasteiger partial charge in [-0.3, -0.25) is 10.1 Å². The lowest BCUT2D eigenvalue weighted by Gasteiger charge is -2.06. The quantitative estimate of drug-likeness (QED) is 0.244. The maximum absolute atomic E-state index is 12.1. The highest BCUT2D eigenvalue weighted by Gasteiger charge is 2.15. The van der Waals surface area contributed by atoms with Crippen LogP contribution in [0.5, 0.6) is 0 Å². The van der Waals surface area contributed by atoms with Crippen LogP contribution >= 0.6 is 0 Å². The molecule has 2 N–H and O–H groups in total. The molecular formula is C20H17N3O4. The minimum absolute atomic E-state index is 0.0643. The van der Waals surface area contributed by atoms with Gasteiger partial charge in [0.05, 0.1) is 10.5 Å². The lowest BCUT2D eigenvalue weighted by atomic mass is 10.0. The number of fused-ring (bicyclic) bond motifs is 1. The molecule has 0 amide bonds. The van der Waals surface area contributed by atoms with Crippen LogP contribution in [-0.2, 0) is 11.3 Å². The normalized spacial score (nSPS) is 11.4. The van der Waals surface area contributed by atoms with Crippen molar-refractivity contribution in [1.29, 1.82) is 0 Å². The summed E-state index contributed by atoms with van der Waals surface area (Å²) in [5, 5.41) is 16.7. The third-order valence-electron chi connectivity index (χ3n) is 4.13. The molecule has 136 valence electrons. The average Bonchev–Trinajstić information content (AvgIpc) is 2.66. The molecule has 27 heavy (non-hydrogen) atoms. The van der Waals surface area contributed by atoms with E-state index in [-0.39, 0.29) is 17.1 Å². The summed E-state index contributed by atoms with van der Waals surface area (Å²) < 4.78 is 0. The van der Waals surface area contributed by atoms with Crippen LogP contribution in [0.3, 0.4) is 0 Å². The Labute approximate surface area is 155 Å². The fraction of sp³-hybridized carbons (Fsp3) is 0.100. The molecule has 7 heteroatoms. The number of benzene rings is 3. The van der Waals surface area contributed by atoms with E-state index in [1.807, 2.05) is 42.5 Å². The first-order chi connectivity index (χ1) is 13.0. The summed E-state index contributed by atoms with van der Waals surface area (Å²) in [6.45, 7) is 1.55. The Kier molecular flexibility index (Phi) is 5.12. The summed E-state index contributed by atoms with van der Waals surface area (Å²) in [5.74, 6) is -0.577. The zero-order chi connectivity index (χ0) is 19.4. The first-order valence-electron chi connectivity index (χ1n) is 8.21. The van der Waals surface area contributed by atoms with Crippen LogP contribution in [0.25, 0.3) is 10.8 Å². The number of aryl methyl sites for hydroxylation is 1. The molecule has 0 unspecified atom stereocenters. The molecule has 0 radical (unpaired) electrons. The van der Waals surface area contributed by atoms with E-state index in [4.69, 9.17) is 10.6 Å². The number of carbonyl (C=O) groups excluding carboxylic acids is 1. The lowest BCUT2D eigenvalue weighted by molar-refractivity contribution is -0.385. The van der Waals surface area contributed by atoms with Crippen molar-refractivity contribution in [2.45, 2.75) is 13.3 Å². The van der Waals surface area contributed by atoms with Gasteiger partial charge in [0, 0.05) is 18.1 Å². The fourth-order valence-corrected chi connectivity index (χ4v) is 2.81. The Bertz CT molecular complexity index is 1050. The number of nitrogens with zero attached hydrogens (tertiary/aromatic N) is 2. The van der Waals surface area contributed by atoms with Gasteiger partial charge in [0.2, 0.25) is 0 Å². The molecule has 3 aromatic rings. The van der Waals surface area contributed by atoms with Gasteiger partial charge in [-0.15, -0.1) is 0 Å². The number of amidine groups is 1. The van der Waals surface area contributed by atoms with Gasteiger partial charge in [0.1, 0.15) is 5.84 Å². The van der Waals surface area contributed by atoms with E-state index >= 15 is 0 Å². The van der Waals surface area contributed by atoms with E-state index in [1.165, 1.54) is 18.2 Å². The molecule has 3 aromatic carbocycles. The van der Waals surface area contributed by atoms with Gasteiger partial charge in [-0.25, -0.2) is 4.79 Å². The molecule has 0 aliphatic carbocycles. The number of carbonyl (C=O) groups is 1. The van der Waals surface area contributed by atoms with Crippen molar-refractivity contribution < 1.29 is 14.6 Å². The number of hydrogen-bond donors (Lipinski definition) is 1. The third kappa shape index (κ3) is 4.09. The van der Waals surface area contributed by atoms with Gasteiger partial charge in [-0.05, 0) is 35.4 Å². The van der Waals surface area contributed by atoms with Crippen LogP contribution < -0.4 is 5.73 Å². The maximum Gasteiger partial charge on any atom is 0.365 e. The highest BCUT2D eigenvalue weighted by Crippen LogP contribution is 2.20. The monoisotopic (exact) mass is 363 g/mol. The van der Waals surface area contributed by atoms with Gasteiger partial charge >= 0.3 is 5.97 Å². The Morgan fingerprint density at radius 1 is 1.15 bits per heavy atom. The molecule has 0 aliphatic heterocycles. The van der Waals surface area contributed by atoms with Crippen LogP contribution in [0, 0.1) is 17.0 Å². The number of nitro benzene ring substituents is 1. The van der Waals surface area contributed by atoms with Gasteiger partial charge in [-0.2, -0.15) is 0 Å². The summed E-state index contributed by atoms with van der Waals surface area (Å²) in [5.41, 5.74) is 7.33. The summed E-state index contributed by atoms with van der Waals surface area (Å²) in [6.07, 6.45) is 0.327. The molecule has 0 heterocycles. The van der Waals surface area contributed by atoms with Gasteiger partial charge in [-0.1, -0.05) is 47.6 Å². The molecule has 0 saturated heterocycles. The molecule has 3 rings (SSSR count). The van der Waals surface area contributed by atoms with Crippen molar-refractivity contribution >= 4 is 28.3 Å². The van der Waals surface area contributed by atoms with Crippen molar-refractivity contribution in [2.24, 2.45) is 10.9 Å². The summed E-state index contributed by atoms with van der Waals surface area (Å²) >= 11 is 0. The van der Waals surface area contributed by atoms with Crippen molar-refractivity contribution in [1.82, 2.24) is 0 Å². The van der Waals surface area contributed by atoms with E-state index in [1.54, 1.807) is 6.92 Å². The molecule has 7 nitrogen and oxygen atoms in total. The summed E-state index contributed by atoms with van der Waals surface area (Å²) in [6, 6.07) is 17.7. The lowest BCUT2D eigenvalue weighted by Crippen LogP contribution is -2.17. The van der Waals surface area contributed by atoms with Crippen molar-refractivity contribution in [3.8, 4) is 0 Å². The van der Waals surface area contributed by atoms with Crippen LogP contribution in [0.1, 0.15) is 21.5 Å². The Balaban J connectivity index is 1.72. The van der Waals surface area contributed by atoms with Gasteiger partial charge in [0.15, 0.2) is 0 Å². The maximum atomic E-state index is 12.1. The average molecular weight is 363 g/mol. The molecule has 0 aromatic heterocycles. The first-order valence-corrected chi connectivity index (χ1v) is 8.21. The zero-order valence-corrected chi connectivity index (χ0v) is 14.6. The van der Waals surface area contributed by atoms with Crippen LogP contribution in [0.4, 0.5) is 5.69 Å². The standard InChI is InChI=1S/C20H17N3O4/c1-13-11-16(9-10-18(13)23(25)26)20(24)27-22-19(21)12-15-7-4-6-14-5-2-3-8-17(14)15/h2-11H,12H2,1H3,(H2,21,22). The minimum Gasteiger partial charge on any atom is -0.384 e. The molecule has 0 bridgehead atoms. The Hall–Kier alpha value is -3.74. The van der Waals surface area contributed by atoms with E-state index in [0.29, 0.717) is 12.0 Å². The number of nitrogens with two attached hydrogens (primary N) is 1. The minimum atomic E-state index is -0.728. The largest absolute Gasteiger partial charge is 0.384 e. The molecular weight excluding hydrogens is 346 g/mol. The van der Waals surface area contributed by atoms with E-state index in [9.17, 15) is 14.9 Å². The predicted molar refractivity (Wildman–Crippen MR) is 103 cm³/mol. The highest BCUT2D eigenvalue weighted by atomic mass is 16.7. The molecule has 0 atom stereocenters. The first kappa shape index (κ1) is 18.1. The second-order valence-electron chi connectivity index (χ2n) is 6.03. The Morgan fingerprint density at radius 2 is 1.89 bits per heavy atom. The molecule has 0 saturated carbocycles. The fourth-order valence-electron chi connectivity index (χ4n) is 2.81. The number of rotatable bonds is 5. The van der Waals surface area contributed by atoms with Crippen LogP contribution in [-0.4, -0.2) is 16.7 Å². The van der Waals surface area contributed by atoms with Crippen molar-refractivity contribution in [2.75, 3.05) is 0 Å². The SMILES string of the molecule is Cc1cc(C(=O)O/N=C(/N)Cc2cccc3ccccc23)ccc1[N+](=O)[O-]. The van der Waals surface area contributed by atoms with E-state index in [2.05, 4.69) is 5.16 Å². The molecule has 0 spiro atoms. The zero-order valence-electron chi connectivity index (χ0n) is 14.6. The van der Waals surface area contributed by atoms with Crippen LogP contribution in [0.15, 0.2) is 65.8 Å². The molecule has 0 fully saturated rings. The van der Waals surface area contributed by atoms with E-state index in [0.717, 1.165) is 16.3 Å². The molecule has 0 aliphatic rings. The van der Waals surface area contributed by atoms with E-state index < -0.39 is 10.9 Å². The number of nitro groups is 1. The van der Waals surface area contributed by atoms with Gasteiger partial charge in [0.25, 0.3) is 5.69 Å². The second-order valence-corrected chi connectivity index (χ2v) is 6.03. The highest BCUT2D eigenvalue weighted by molar-refractivity contribution is 5.93. The predicted octanol–water partition coefficient (Wildman–Crippen LogP) is 3.73. The second kappa shape index (κ2) is 7.65. The number of hydrogen-bond acceptors (Lipinski definition) is 5. The van der Waals surface area contributed by atoms with Crippen LogP contribution in [0.2, 0.25) is 0 Å². The van der Waals surface area contributed by atoms with Crippen molar-refractivity contribution in [3.63, 3.8) is 0 Å². The summed E-state index contributed by atoms with van der Waals surface area (Å²) in [4.78, 5) is 27.3. The van der Waals surface area contributed by atoms with Gasteiger partial charge < -0.3 is 10.6 Å². The number of oxime groups is 1. The summed E-state index contributed by atoms with van der Waals surface area (Å²) in [7, 11) is 0. The topological polar surface area (TPSA) is 108 Å². The van der Waals surface area contributed by atoms with Crippen molar-refractivity contribution in [3.05, 3.63) is 87.5 Å². The third-order valence-corrected chi connectivity index (χ3v) is 4.13. The Morgan fingerprint density at radius 3 is 2.63 bits per heavy atom. The smallest absolute Gasteiger partial charge is 0.365 e.